The Morgan fingerprint density at radius 1 is 1.75 bits per heavy atom. The monoisotopic (exact) mass is 120 g/mol. The largest absolute Gasteiger partial charge is 0.475 e. The van der Waals surface area contributed by atoms with Gasteiger partial charge in [0.05, 0.1) is 0 Å². The molecule has 5 heteroatoms. The molecule has 5 nitrogen and oxygen atoms in total. The van der Waals surface area contributed by atoms with E-state index >= 15 is 0 Å². The van der Waals surface area contributed by atoms with Gasteiger partial charge in [0.15, 0.2) is 0 Å². The van der Waals surface area contributed by atoms with Crippen LogP contribution in [0.5, 0.6) is 0 Å². The lowest BCUT2D eigenvalue weighted by molar-refractivity contribution is -0.164. The second-order valence-corrected chi connectivity index (χ2v) is 1.23. The van der Waals surface area contributed by atoms with E-state index in [1.807, 2.05) is 0 Å². The second-order valence-electron chi connectivity index (χ2n) is 1.23. The van der Waals surface area contributed by atoms with Crippen LogP contribution >= 0.6 is 0 Å². The molecule has 46 valence electrons. The predicted molar refractivity (Wildman–Crippen MR) is 19.5 cm³/mol. The molecule has 0 bridgehead atoms. The topological polar surface area (TPSA) is 71.6 Å². The molecule has 0 aromatic rings. The maximum atomic E-state index is 9.94. The first-order chi connectivity index (χ1) is 3.71. The molecule has 0 unspecified atom stereocenters. The Bertz CT molecular complexity index is 115. The van der Waals surface area contributed by atoms with E-state index in [-0.39, 0.29) is 0 Å². The number of ether oxygens (including phenoxy) is 1. The first-order valence-electron chi connectivity index (χ1n) is 1.87. The SMILES string of the molecule is COC1(C(=O)O)OO1. The number of rotatable bonds is 2. The summed E-state index contributed by atoms with van der Waals surface area (Å²) in [5.74, 6) is -3.07. The smallest absolute Gasteiger partial charge is 0.439 e. The van der Waals surface area contributed by atoms with Crippen molar-refractivity contribution >= 4 is 5.97 Å². The van der Waals surface area contributed by atoms with E-state index in [9.17, 15) is 4.79 Å². The zero-order chi connectivity index (χ0) is 6.20. The summed E-state index contributed by atoms with van der Waals surface area (Å²) in [6, 6.07) is 0. The number of carboxylic acid groups (broad SMARTS) is 1. The fourth-order valence-corrected chi connectivity index (χ4v) is 0.264. The number of hydrogen-bond donors (Lipinski definition) is 1. The average Bonchev–Trinajstić information content (AvgIpc) is 2.44. The minimum atomic E-state index is -1.79. The Hall–Kier alpha value is -0.650. The standard InChI is InChI=1S/C3H4O5/c1-6-3(2(4)5)7-8-3/h1H3,(H,4,5). The van der Waals surface area contributed by atoms with E-state index in [0.717, 1.165) is 0 Å². The third-order valence-corrected chi connectivity index (χ3v) is 0.765. The van der Waals surface area contributed by atoms with E-state index in [0.29, 0.717) is 0 Å². The van der Waals surface area contributed by atoms with Gasteiger partial charge in [0.1, 0.15) is 0 Å². The molecule has 0 aliphatic carbocycles. The zero-order valence-corrected chi connectivity index (χ0v) is 4.08. The number of carbonyl (C=O) groups is 1. The Morgan fingerprint density at radius 2 is 2.25 bits per heavy atom. The molecule has 0 radical (unpaired) electrons. The summed E-state index contributed by atoms with van der Waals surface area (Å²) >= 11 is 0. The number of hydrogen-bond acceptors (Lipinski definition) is 4. The summed E-state index contributed by atoms with van der Waals surface area (Å²) in [6.45, 7) is 0. The fraction of sp³-hybridized carbons (Fsp3) is 0.667. The van der Waals surface area contributed by atoms with Crippen LogP contribution in [0.2, 0.25) is 0 Å². The molecule has 0 aromatic carbocycles. The van der Waals surface area contributed by atoms with Crippen molar-refractivity contribution in [3.05, 3.63) is 0 Å². The summed E-state index contributed by atoms with van der Waals surface area (Å²) in [5.41, 5.74) is 0. The first-order valence-corrected chi connectivity index (χ1v) is 1.87. The Labute approximate surface area is 44.7 Å². The molecule has 1 N–H and O–H groups in total. The zero-order valence-electron chi connectivity index (χ0n) is 4.08. The predicted octanol–water partition coefficient (Wildman–Crippen LogP) is -0.667. The highest BCUT2D eigenvalue weighted by atomic mass is 17.5. The van der Waals surface area contributed by atoms with Gasteiger partial charge in [-0.1, -0.05) is 0 Å². The molecule has 0 amide bonds. The van der Waals surface area contributed by atoms with Gasteiger partial charge in [-0.25, -0.2) is 4.79 Å². The number of methoxy groups -OCH3 is 1. The van der Waals surface area contributed by atoms with Crippen molar-refractivity contribution in [2.45, 2.75) is 5.97 Å². The van der Waals surface area contributed by atoms with Crippen LogP contribution in [0.25, 0.3) is 0 Å². The molecule has 1 fully saturated rings. The molecular formula is C3H4O5. The van der Waals surface area contributed by atoms with Crippen LogP contribution in [0, 0.1) is 0 Å². The quantitative estimate of drug-likeness (QED) is 0.386. The normalized spacial score (nSPS) is 22.6. The summed E-state index contributed by atoms with van der Waals surface area (Å²) < 4.78 is 4.27. The highest BCUT2D eigenvalue weighted by molar-refractivity contribution is 5.75. The maximum Gasteiger partial charge on any atom is 0.439 e. The summed E-state index contributed by atoms with van der Waals surface area (Å²) in [7, 11) is 1.18. The minimum absolute atomic E-state index is 1.18. The third-order valence-electron chi connectivity index (χ3n) is 0.765. The van der Waals surface area contributed by atoms with Crippen LogP contribution in [0.15, 0.2) is 0 Å². The second kappa shape index (κ2) is 1.41. The van der Waals surface area contributed by atoms with Gasteiger partial charge in [0, 0.05) is 7.11 Å². The fourth-order valence-electron chi connectivity index (χ4n) is 0.264. The van der Waals surface area contributed by atoms with Gasteiger partial charge in [0.2, 0.25) is 0 Å². The van der Waals surface area contributed by atoms with Crippen LogP contribution in [0.3, 0.4) is 0 Å². The van der Waals surface area contributed by atoms with Crippen molar-refractivity contribution in [2.75, 3.05) is 7.11 Å². The van der Waals surface area contributed by atoms with Gasteiger partial charge in [0.25, 0.3) is 0 Å². The van der Waals surface area contributed by atoms with Gasteiger partial charge in [-0.15, -0.1) is 0 Å². The van der Waals surface area contributed by atoms with Crippen LogP contribution in [0.4, 0.5) is 0 Å². The van der Waals surface area contributed by atoms with Crippen LogP contribution in [-0.4, -0.2) is 24.2 Å². The lowest BCUT2D eigenvalue weighted by Crippen LogP contribution is -2.25. The van der Waals surface area contributed by atoms with E-state index in [2.05, 4.69) is 14.5 Å². The van der Waals surface area contributed by atoms with Crippen molar-refractivity contribution in [1.82, 2.24) is 0 Å². The summed E-state index contributed by atoms with van der Waals surface area (Å²) in [6.07, 6.45) is 0. The van der Waals surface area contributed by atoms with E-state index in [4.69, 9.17) is 5.11 Å². The minimum Gasteiger partial charge on any atom is -0.475 e. The first kappa shape index (κ1) is 5.49. The maximum absolute atomic E-state index is 9.94. The molecule has 1 rings (SSSR count). The highest BCUT2D eigenvalue weighted by Gasteiger charge is 2.59. The van der Waals surface area contributed by atoms with Crippen LogP contribution in [-0.2, 0) is 19.3 Å². The van der Waals surface area contributed by atoms with Crippen molar-refractivity contribution in [3.63, 3.8) is 0 Å². The Morgan fingerprint density at radius 3 is 2.25 bits per heavy atom. The van der Waals surface area contributed by atoms with E-state index < -0.39 is 11.9 Å². The summed E-state index contributed by atoms with van der Waals surface area (Å²) in [4.78, 5) is 17.9. The molecule has 1 heterocycles. The highest BCUT2D eigenvalue weighted by Crippen LogP contribution is 2.29. The third kappa shape index (κ3) is 0.568. The number of carboxylic acids is 1. The van der Waals surface area contributed by atoms with E-state index in [1.165, 1.54) is 7.11 Å². The van der Waals surface area contributed by atoms with Crippen molar-refractivity contribution in [1.29, 1.82) is 0 Å². The van der Waals surface area contributed by atoms with Crippen LogP contribution in [0.1, 0.15) is 0 Å². The van der Waals surface area contributed by atoms with E-state index in [1.54, 1.807) is 0 Å². The lowest BCUT2D eigenvalue weighted by Gasteiger charge is -1.93. The average molecular weight is 120 g/mol. The van der Waals surface area contributed by atoms with Gasteiger partial charge >= 0.3 is 11.9 Å². The molecule has 0 aromatic heterocycles. The van der Waals surface area contributed by atoms with Gasteiger partial charge < -0.3 is 9.84 Å². The number of aliphatic carboxylic acids is 1. The molecule has 0 saturated carbocycles. The molecule has 1 saturated heterocycles. The van der Waals surface area contributed by atoms with Crippen LogP contribution < -0.4 is 0 Å². The Balaban J connectivity index is 2.53. The van der Waals surface area contributed by atoms with Gasteiger partial charge in [-0.2, -0.15) is 9.78 Å². The molecule has 8 heavy (non-hydrogen) atoms. The van der Waals surface area contributed by atoms with Gasteiger partial charge in [-0.05, 0) is 0 Å². The van der Waals surface area contributed by atoms with Gasteiger partial charge in [-0.3, -0.25) is 0 Å². The van der Waals surface area contributed by atoms with Crippen molar-refractivity contribution in [2.24, 2.45) is 0 Å². The molecular weight excluding hydrogens is 116 g/mol. The van der Waals surface area contributed by atoms with Crippen molar-refractivity contribution < 1.29 is 24.4 Å². The molecule has 0 atom stereocenters. The molecule has 1 aliphatic heterocycles. The lowest BCUT2D eigenvalue weighted by atomic mass is 10.6. The van der Waals surface area contributed by atoms with Crippen molar-refractivity contribution in [3.8, 4) is 0 Å². The Kier molecular flexibility index (Phi) is 0.968. The molecule has 1 aliphatic rings. The molecule has 0 spiro atoms. The summed E-state index contributed by atoms with van der Waals surface area (Å²) in [5, 5.41) is 8.13.